The number of halogens is 2. The zero-order valence-electron chi connectivity index (χ0n) is 14.7. The molecule has 0 saturated carbocycles. The molecule has 0 radical (unpaired) electrons. The van der Waals surface area contributed by atoms with Crippen molar-refractivity contribution in [2.45, 2.75) is 13.8 Å². The van der Waals surface area contributed by atoms with E-state index >= 15 is 0 Å². The molecular weight excluding hydrogens is 357 g/mol. The minimum Gasteiger partial charge on any atom is -0.321 e. The molecule has 0 saturated heterocycles. The van der Waals surface area contributed by atoms with Crippen LogP contribution < -0.4 is 15.5 Å². The summed E-state index contributed by atoms with van der Waals surface area (Å²) < 4.78 is 13.6. The molecule has 26 heavy (non-hydrogen) atoms. The highest BCUT2D eigenvalue weighted by Gasteiger charge is 2.18. The highest BCUT2D eigenvalue weighted by atomic mass is 35.5. The van der Waals surface area contributed by atoms with Gasteiger partial charge in [0.1, 0.15) is 5.82 Å². The molecule has 3 N–H and O–H groups in total. The molecule has 0 fully saturated rings. The number of carbonyl (C=O) groups excluding carboxylic acids is 2. The fraction of sp³-hybridized carbons (Fsp3) is 0.263. The largest absolute Gasteiger partial charge is 0.321 e. The van der Waals surface area contributed by atoms with Crippen LogP contribution in [0.15, 0.2) is 42.5 Å². The van der Waals surface area contributed by atoms with Crippen LogP contribution in [0.5, 0.6) is 0 Å². The summed E-state index contributed by atoms with van der Waals surface area (Å²) in [7, 11) is 0. The van der Waals surface area contributed by atoms with E-state index in [9.17, 15) is 14.0 Å². The Kier molecular flexibility index (Phi) is 7.12. The number of carbonyl (C=O) groups is 2. The van der Waals surface area contributed by atoms with E-state index in [1.165, 1.54) is 12.1 Å². The summed E-state index contributed by atoms with van der Waals surface area (Å²) in [5.41, 5.74) is 1.68. The summed E-state index contributed by atoms with van der Waals surface area (Å²) in [4.78, 5) is 25.2. The van der Waals surface area contributed by atoms with Crippen LogP contribution in [0.4, 0.5) is 15.8 Å². The molecule has 0 spiro atoms. The molecule has 1 unspecified atom stereocenters. The van der Waals surface area contributed by atoms with Crippen LogP contribution in [0.25, 0.3) is 0 Å². The molecule has 138 valence electrons. The molecule has 7 heteroatoms. The Morgan fingerprint density at radius 3 is 2.27 bits per heavy atom. The van der Waals surface area contributed by atoms with Gasteiger partial charge in [-0.2, -0.15) is 0 Å². The second kappa shape index (κ2) is 9.31. The number of aryl methyl sites for hydroxylation is 1. The van der Waals surface area contributed by atoms with Crippen LogP contribution in [-0.4, -0.2) is 31.4 Å². The molecule has 2 aromatic rings. The minimum atomic E-state index is -0.493. The van der Waals surface area contributed by atoms with E-state index in [2.05, 4.69) is 10.6 Å². The number of hydrogen-bond acceptors (Lipinski definition) is 2. The Hall–Kier alpha value is -2.44. The van der Waals surface area contributed by atoms with Crippen molar-refractivity contribution in [1.29, 1.82) is 0 Å². The van der Waals surface area contributed by atoms with E-state index in [4.69, 9.17) is 11.6 Å². The van der Waals surface area contributed by atoms with Crippen molar-refractivity contribution < 1.29 is 18.9 Å². The number of anilines is 2. The average Bonchev–Trinajstić information content (AvgIpc) is 2.59. The van der Waals surface area contributed by atoms with Gasteiger partial charge in [0.25, 0.3) is 11.8 Å². The summed E-state index contributed by atoms with van der Waals surface area (Å²) in [6.45, 7) is 4.51. The Balaban J connectivity index is 1.91. The third-order valence-electron chi connectivity index (χ3n) is 3.94. The van der Waals surface area contributed by atoms with Gasteiger partial charge in [-0.15, -0.1) is 0 Å². The minimum absolute atomic E-state index is 0.0623. The third kappa shape index (κ3) is 5.82. The van der Waals surface area contributed by atoms with Crippen LogP contribution in [-0.2, 0) is 9.59 Å². The first-order valence-electron chi connectivity index (χ1n) is 8.33. The number of likely N-dealkylation sites (N-methyl/N-ethyl adjacent to an activating group) is 1. The summed E-state index contributed by atoms with van der Waals surface area (Å²) in [6.07, 6.45) is 0. The maximum absolute atomic E-state index is 13.6. The van der Waals surface area contributed by atoms with E-state index in [1.54, 1.807) is 24.3 Å². The predicted molar refractivity (Wildman–Crippen MR) is 101 cm³/mol. The fourth-order valence-electron chi connectivity index (χ4n) is 2.45. The molecule has 1 atom stereocenters. The Bertz CT molecular complexity index is 798. The molecular formula is C19H22ClFN3O2+. The van der Waals surface area contributed by atoms with Crippen molar-refractivity contribution in [3.8, 4) is 0 Å². The second-order valence-electron chi connectivity index (χ2n) is 5.99. The topological polar surface area (TPSA) is 62.6 Å². The van der Waals surface area contributed by atoms with E-state index in [-0.39, 0.29) is 30.6 Å². The first-order chi connectivity index (χ1) is 12.4. The number of quaternary nitrogens is 1. The van der Waals surface area contributed by atoms with Gasteiger partial charge in [-0.3, -0.25) is 9.59 Å². The lowest BCUT2D eigenvalue weighted by Gasteiger charge is -2.17. The first kappa shape index (κ1) is 19.9. The van der Waals surface area contributed by atoms with E-state index in [0.717, 1.165) is 10.5 Å². The quantitative estimate of drug-likeness (QED) is 0.692. The average molecular weight is 379 g/mol. The van der Waals surface area contributed by atoms with Crippen LogP contribution in [0.2, 0.25) is 5.02 Å². The van der Waals surface area contributed by atoms with Crippen LogP contribution in [0, 0.1) is 12.7 Å². The van der Waals surface area contributed by atoms with E-state index < -0.39 is 5.82 Å². The molecule has 2 amide bonds. The maximum atomic E-state index is 13.6. The monoisotopic (exact) mass is 378 g/mol. The Morgan fingerprint density at radius 2 is 1.65 bits per heavy atom. The zero-order chi connectivity index (χ0) is 19.1. The van der Waals surface area contributed by atoms with Gasteiger partial charge in [0.05, 0.1) is 12.2 Å². The van der Waals surface area contributed by atoms with Gasteiger partial charge in [-0.05, 0) is 43.7 Å². The van der Waals surface area contributed by atoms with Gasteiger partial charge in [0.15, 0.2) is 13.1 Å². The molecule has 0 aromatic heterocycles. The summed E-state index contributed by atoms with van der Waals surface area (Å²) in [5.74, 6) is -1.06. The maximum Gasteiger partial charge on any atom is 0.279 e. The lowest BCUT2D eigenvalue weighted by Crippen LogP contribution is -3.13. The second-order valence-corrected chi connectivity index (χ2v) is 6.43. The molecule has 0 bridgehead atoms. The van der Waals surface area contributed by atoms with Crippen molar-refractivity contribution in [2.75, 3.05) is 30.3 Å². The number of nitrogens with one attached hydrogen (secondary N) is 3. The van der Waals surface area contributed by atoms with Gasteiger partial charge in [-0.25, -0.2) is 4.39 Å². The molecule has 0 aliphatic carbocycles. The van der Waals surface area contributed by atoms with Gasteiger partial charge in [0.2, 0.25) is 0 Å². The normalized spacial score (nSPS) is 11.7. The van der Waals surface area contributed by atoms with Crippen LogP contribution in [0.1, 0.15) is 12.5 Å². The van der Waals surface area contributed by atoms with E-state index in [1.807, 2.05) is 19.9 Å². The van der Waals surface area contributed by atoms with E-state index in [0.29, 0.717) is 17.3 Å². The number of rotatable bonds is 7. The van der Waals surface area contributed by atoms with Crippen molar-refractivity contribution in [1.82, 2.24) is 0 Å². The summed E-state index contributed by atoms with van der Waals surface area (Å²) in [5, 5.41) is 5.88. The number of amides is 2. The molecule has 0 heterocycles. The van der Waals surface area contributed by atoms with Gasteiger partial charge >= 0.3 is 0 Å². The Morgan fingerprint density at radius 1 is 1.04 bits per heavy atom. The summed E-state index contributed by atoms with van der Waals surface area (Å²) >= 11 is 5.95. The zero-order valence-corrected chi connectivity index (χ0v) is 15.5. The first-order valence-corrected chi connectivity index (χ1v) is 8.70. The SMILES string of the molecule is CC[NH+](CC(=O)Nc1cc(Cl)ccc1C)CC(=O)Nc1ccccc1F. The van der Waals surface area contributed by atoms with Gasteiger partial charge in [0, 0.05) is 10.7 Å². The van der Waals surface area contributed by atoms with Crippen LogP contribution >= 0.6 is 11.6 Å². The highest BCUT2D eigenvalue weighted by molar-refractivity contribution is 6.31. The van der Waals surface area contributed by atoms with Crippen molar-refractivity contribution in [3.05, 3.63) is 58.9 Å². The number of hydrogen-bond donors (Lipinski definition) is 3. The molecule has 0 aliphatic rings. The predicted octanol–water partition coefficient (Wildman–Crippen LogP) is 2.27. The fourth-order valence-corrected chi connectivity index (χ4v) is 2.62. The number of benzene rings is 2. The lowest BCUT2D eigenvalue weighted by molar-refractivity contribution is -0.881. The number of para-hydroxylation sites is 1. The Labute approximate surface area is 157 Å². The van der Waals surface area contributed by atoms with Crippen LogP contribution in [0.3, 0.4) is 0 Å². The van der Waals surface area contributed by atoms with Crippen molar-refractivity contribution >= 4 is 34.8 Å². The molecule has 5 nitrogen and oxygen atoms in total. The molecule has 2 rings (SSSR count). The van der Waals surface area contributed by atoms with Crippen molar-refractivity contribution in [3.63, 3.8) is 0 Å². The molecule has 0 aliphatic heterocycles. The van der Waals surface area contributed by atoms with Gasteiger partial charge < -0.3 is 15.5 Å². The highest BCUT2D eigenvalue weighted by Crippen LogP contribution is 2.19. The van der Waals surface area contributed by atoms with Gasteiger partial charge in [-0.1, -0.05) is 29.8 Å². The standard InChI is InChI=1S/C19H21ClFN3O2/c1-3-24(11-18(25)22-16-7-5-4-6-15(16)21)12-19(26)23-17-10-14(20)9-8-13(17)2/h4-10H,3,11-12H2,1-2H3,(H,22,25)(H,23,26)/p+1. The smallest absolute Gasteiger partial charge is 0.279 e. The molecule has 2 aromatic carbocycles. The summed E-state index contributed by atoms with van der Waals surface area (Å²) in [6, 6.07) is 11.2. The lowest BCUT2D eigenvalue weighted by atomic mass is 10.2. The van der Waals surface area contributed by atoms with Crippen molar-refractivity contribution in [2.24, 2.45) is 0 Å². The third-order valence-corrected chi connectivity index (χ3v) is 4.18.